The number of anilines is 1. The van der Waals surface area contributed by atoms with E-state index >= 15 is 0 Å². The van der Waals surface area contributed by atoms with E-state index in [1.54, 1.807) is 12.1 Å². The van der Waals surface area contributed by atoms with Crippen LogP contribution in [0.1, 0.15) is 18.5 Å². The number of phenols is 1. The number of ether oxygens (including phenoxy) is 2. The van der Waals surface area contributed by atoms with Gasteiger partial charge in [0.15, 0.2) is 5.82 Å². The highest BCUT2D eigenvalue weighted by Gasteiger charge is 2.23. The van der Waals surface area contributed by atoms with E-state index in [-0.39, 0.29) is 11.9 Å². The molecule has 2 aliphatic rings. The standard InChI is InChI=1S/C21H28N4O3/c1-15-12-20(24-21(23-15)18-4-2-3-5-19(18)26)25-8-6-16(7-9-25)22-13-17-14-27-10-11-28-17/h2-5,12,16-17,22,26H,6-11,13-14H2,1H3/t17-/m1/s1. The van der Waals surface area contributed by atoms with Crippen molar-refractivity contribution in [1.82, 2.24) is 15.3 Å². The van der Waals surface area contributed by atoms with Gasteiger partial charge in [-0.1, -0.05) is 12.1 Å². The minimum Gasteiger partial charge on any atom is -0.507 e. The van der Waals surface area contributed by atoms with Gasteiger partial charge in [-0.05, 0) is 31.9 Å². The number of hydrogen-bond acceptors (Lipinski definition) is 7. The number of aromatic hydroxyl groups is 1. The van der Waals surface area contributed by atoms with Crippen molar-refractivity contribution in [3.05, 3.63) is 36.0 Å². The summed E-state index contributed by atoms with van der Waals surface area (Å²) in [6, 6.07) is 9.71. The molecule has 1 aromatic heterocycles. The molecule has 2 saturated heterocycles. The zero-order valence-corrected chi connectivity index (χ0v) is 16.3. The fourth-order valence-corrected chi connectivity index (χ4v) is 3.76. The van der Waals surface area contributed by atoms with Gasteiger partial charge in [0.05, 0.1) is 31.5 Å². The summed E-state index contributed by atoms with van der Waals surface area (Å²) in [6.45, 7) is 6.77. The quantitative estimate of drug-likeness (QED) is 0.817. The highest BCUT2D eigenvalue weighted by molar-refractivity contribution is 5.65. The van der Waals surface area contributed by atoms with Crippen molar-refractivity contribution in [1.29, 1.82) is 0 Å². The van der Waals surface area contributed by atoms with Gasteiger partial charge in [-0.15, -0.1) is 0 Å². The second-order valence-electron chi connectivity index (χ2n) is 7.45. The fourth-order valence-electron chi connectivity index (χ4n) is 3.76. The molecule has 0 saturated carbocycles. The van der Waals surface area contributed by atoms with Gasteiger partial charge in [-0.2, -0.15) is 0 Å². The second kappa shape index (κ2) is 8.86. The van der Waals surface area contributed by atoms with Crippen LogP contribution in [0.3, 0.4) is 0 Å². The van der Waals surface area contributed by atoms with E-state index in [2.05, 4.69) is 15.2 Å². The fraction of sp³-hybridized carbons (Fsp3) is 0.524. The average Bonchev–Trinajstić information content (AvgIpc) is 2.73. The van der Waals surface area contributed by atoms with Crippen LogP contribution in [-0.4, -0.2) is 66.7 Å². The molecule has 2 fully saturated rings. The van der Waals surface area contributed by atoms with Crippen molar-refractivity contribution in [3.8, 4) is 17.1 Å². The van der Waals surface area contributed by atoms with Crippen molar-refractivity contribution in [2.75, 3.05) is 44.4 Å². The Morgan fingerprint density at radius 3 is 2.75 bits per heavy atom. The Balaban J connectivity index is 1.37. The minimum absolute atomic E-state index is 0.164. The van der Waals surface area contributed by atoms with E-state index in [1.807, 2.05) is 25.1 Å². The van der Waals surface area contributed by atoms with E-state index in [9.17, 15) is 5.11 Å². The highest BCUT2D eigenvalue weighted by atomic mass is 16.6. The monoisotopic (exact) mass is 384 g/mol. The topological polar surface area (TPSA) is 79.7 Å². The summed E-state index contributed by atoms with van der Waals surface area (Å²) in [6.07, 6.45) is 2.28. The molecular weight excluding hydrogens is 356 g/mol. The van der Waals surface area contributed by atoms with Gasteiger partial charge in [-0.3, -0.25) is 0 Å². The van der Waals surface area contributed by atoms with Crippen LogP contribution in [0.25, 0.3) is 11.4 Å². The van der Waals surface area contributed by atoms with Crippen LogP contribution < -0.4 is 10.2 Å². The molecule has 2 aliphatic heterocycles. The molecule has 7 nitrogen and oxygen atoms in total. The molecule has 150 valence electrons. The smallest absolute Gasteiger partial charge is 0.165 e. The summed E-state index contributed by atoms with van der Waals surface area (Å²) in [5.74, 6) is 1.70. The van der Waals surface area contributed by atoms with E-state index in [0.717, 1.165) is 44.0 Å². The third-order valence-corrected chi connectivity index (χ3v) is 5.32. The Morgan fingerprint density at radius 1 is 1.18 bits per heavy atom. The minimum atomic E-state index is 0.164. The predicted octanol–water partition coefficient (Wildman–Crippen LogP) is 2.13. The van der Waals surface area contributed by atoms with Crippen LogP contribution in [0, 0.1) is 6.92 Å². The summed E-state index contributed by atoms with van der Waals surface area (Å²) in [5, 5.41) is 13.8. The molecule has 4 rings (SSSR count). The van der Waals surface area contributed by atoms with Gasteiger partial charge in [0.25, 0.3) is 0 Å². The molecular formula is C21H28N4O3. The zero-order valence-electron chi connectivity index (χ0n) is 16.3. The average molecular weight is 384 g/mol. The normalized spacial score (nSPS) is 21.0. The van der Waals surface area contributed by atoms with Gasteiger partial charge in [0.1, 0.15) is 11.6 Å². The van der Waals surface area contributed by atoms with Crippen LogP contribution >= 0.6 is 0 Å². The number of para-hydroxylation sites is 1. The molecule has 7 heteroatoms. The lowest BCUT2D eigenvalue weighted by Gasteiger charge is -2.34. The highest BCUT2D eigenvalue weighted by Crippen LogP contribution is 2.28. The van der Waals surface area contributed by atoms with Crippen molar-refractivity contribution in [2.45, 2.75) is 31.9 Å². The number of hydrogen-bond donors (Lipinski definition) is 2. The first kappa shape index (κ1) is 19.1. The molecule has 1 aromatic carbocycles. The SMILES string of the molecule is Cc1cc(N2CCC(NC[C@@H]3COCCO3)CC2)nc(-c2ccccc2O)n1. The van der Waals surface area contributed by atoms with Gasteiger partial charge in [0, 0.05) is 37.4 Å². The zero-order chi connectivity index (χ0) is 19.3. The number of rotatable bonds is 5. The van der Waals surface area contributed by atoms with Crippen molar-refractivity contribution in [3.63, 3.8) is 0 Å². The summed E-state index contributed by atoms with van der Waals surface area (Å²) >= 11 is 0. The van der Waals surface area contributed by atoms with Crippen LogP contribution in [0.4, 0.5) is 5.82 Å². The molecule has 0 bridgehead atoms. The first-order valence-corrected chi connectivity index (χ1v) is 10.0. The van der Waals surface area contributed by atoms with Gasteiger partial charge >= 0.3 is 0 Å². The van der Waals surface area contributed by atoms with Crippen molar-refractivity contribution in [2.24, 2.45) is 0 Å². The third kappa shape index (κ3) is 4.60. The molecule has 0 spiro atoms. The molecule has 0 unspecified atom stereocenters. The Labute approximate surface area is 165 Å². The molecule has 2 N–H and O–H groups in total. The maximum atomic E-state index is 10.1. The molecule has 28 heavy (non-hydrogen) atoms. The van der Waals surface area contributed by atoms with Crippen LogP contribution in [0.2, 0.25) is 0 Å². The lowest BCUT2D eigenvalue weighted by molar-refractivity contribution is -0.0872. The van der Waals surface area contributed by atoms with Crippen LogP contribution in [0.15, 0.2) is 30.3 Å². The summed E-state index contributed by atoms with van der Waals surface area (Å²) in [5.41, 5.74) is 1.57. The Bertz CT molecular complexity index is 787. The molecule has 3 heterocycles. The van der Waals surface area contributed by atoms with Gasteiger partial charge < -0.3 is 24.8 Å². The number of benzene rings is 1. The first-order valence-electron chi connectivity index (χ1n) is 10.0. The molecule has 0 aliphatic carbocycles. The number of phenolic OH excluding ortho intramolecular Hbond substituents is 1. The lowest BCUT2D eigenvalue weighted by atomic mass is 10.0. The van der Waals surface area contributed by atoms with Crippen LogP contribution in [-0.2, 0) is 9.47 Å². The van der Waals surface area contributed by atoms with E-state index in [0.29, 0.717) is 37.3 Å². The number of piperidine rings is 1. The Morgan fingerprint density at radius 2 is 2.00 bits per heavy atom. The molecule has 1 atom stereocenters. The van der Waals surface area contributed by atoms with Crippen LogP contribution in [0.5, 0.6) is 5.75 Å². The van der Waals surface area contributed by atoms with E-state index in [4.69, 9.17) is 14.5 Å². The van der Waals surface area contributed by atoms with Crippen molar-refractivity contribution >= 4 is 5.82 Å². The number of aromatic nitrogens is 2. The Hall–Kier alpha value is -2.22. The number of nitrogens with one attached hydrogen (secondary N) is 1. The van der Waals surface area contributed by atoms with Gasteiger partial charge in [-0.25, -0.2) is 9.97 Å². The molecule has 2 aromatic rings. The maximum absolute atomic E-state index is 10.1. The van der Waals surface area contributed by atoms with Crippen molar-refractivity contribution < 1.29 is 14.6 Å². The Kier molecular flexibility index (Phi) is 6.04. The third-order valence-electron chi connectivity index (χ3n) is 5.32. The summed E-state index contributed by atoms with van der Waals surface area (Å²) < 4.78 is 11.2. The lowest BCUT2D eigenvalue weighted by Crippen LogP contribution is -2.46. The second-order valence-corrected chi connectivity index (χ2v) is 7.45. The molecule has 0 amide bonds. The predicted molar refractivity (Wildman–Crippen MR) is 108 cm³/mol. The first-order chi connectivity index (χ1) is 13.7. The van der Waals surface area contributed by atoms with Gasteiger partial charge in [0.2, 0.25) is 0 Å². The summed E-state index contributed by atoms with van der Waals surface area (Å²) in [7, 11) is 0. The maximum Gasteiger partial charge on any atom is 0.165 e. The number of aryl methyl sites for hydroxylation is 1. The van der Waals surface area contributed by atoms with E-state index in [1.165, 1.54) is 0 Å². The largest absolute Gasteiger partial charge is 0.507 e. The number of nitrogens with zero attached hydrogens (tertiary/aromatic N) is 3. The van der Waals surface area contributed by atoms with E-state index < -0.39 is 0 Å². The summed E-state index contributed by atoms with van der Waals surface area (Å²) in [4.78, 5) is 11.6. The molecule has 0 radical (unpaired) electrons.